The molecule has 126 valence electrons. The lowest BCUT2D eigenvalue weighted by Crippen LogP contribution is -2.55. The van der Waals surface area contributed by atoms with Gasteiger partial charge in [-0.3, -0.25) is 4.90 Å². The van der Waals surface area contributed by atoms with E-state index in [9.17, 15) is 0 Å². The van der Waals surface area contributed by atoms with Crippen molar-refractivity contribution in [2.75, 3.05) is 19.6 Å². The Labute approximate surface area is 133 Å². The van der Waals surface area contributed by atoms with Crippen molar-refractivity contribution in [3.63, 3.8) is 0 Å². The van der Waals surface area contributed by atoms with Gasteiger partial charge in [0.2, 0.25) is 0 Å². The number of likely N-dealkylation sites (N-methyl/N-ethyl adjacent to an activating group) is 1. The molecule has 1 aliphatic carbocycles. The van der Waals surface area contributed by atoms with Crippen molar-refractivity contribution in [2.45, 2.75) is 103 Å². The first-order valence-electron chi connectivity index (χ1n) is 9.74. The highest BCUT2D eigenvalue weighted by molar-refractivity contribution is 4.93. The number of nitrogens with two attached hydrogens (primary N) is 1. The third-order valence-electron chi connectivity index (χ3n) is 5.50. The van der Waals surface area contributed by atoms with Crippen molar-refractivity contribution in [3.8, 4) is 0 Å². The zero-order valence-electron chi connectivity index (χ0n) is 14.8. The summed E-state index contributed by atoms with van der Waals surface area (Å²) in [7, 11) is 0. The molecule has 2 heteroatoms. The van der Waals surface area contributed by atoms with E-state index in [-0.39, 0.29) is 0 Å². The van der Waals surface area contributed by atoms with Gasteiger partial charge in [-0.05, 0) is 32.4 Å². The molecule has 1 saturated carbocycles. The van der Waals surface area contributed by atoms with E-state index in [1.165, 1.54) is 96.6 Å². The van der Waals surface area contributed by atoms with E-state index >= 15 is 0 Å². The molecule has 2 nitrogen and oxygen atoms in total. The maximum absolute atomic E-state index is 6.17. The molecule has 0 heterocycles. The first kappa shape index (κ1) is 19.0. The molecule has 21 heavy (non-hydrogen) atoms. The second-order valence-electron chi connectivity index (χ2n) is 7.04. The van der Waals surface area contributed by atoms with Gasteiger partial charge in [-0.15, -0.1) is 0 Å². The second-order valence-corrected chi connectivity index (χ2v) is 7.04. The van der Waals surface area contributed by atoms with Crippen LogP contribution >= 0.6 is 0 Å². The summed E-state index contributed by atoms with van der Waals surface area (Å²) >= 11 is 0. The van der Waals surface area contributed by atoms with E-state index in [2.05, 4.69) is 18.7 Å². The van der Waals surface area contributed by atoms with Crippen molar-refractivity contribution < 1.29 is 0 Å². The maximum atomic E-state index is 6.17. The van der Waals surface area contributed by atoms with Gasteiger partial charge in [-0.1, -0.05) is 78.1 Å². The summed E-state index contributed by atoms with van der Waals surface area (Å²) in [6, 6.07) is 0. The minimum atomic E-state index is 0.341. The van der Waals surface area contributed by atoms with Gasteiger partial charge in [0.1, 0.15) is 0 Å². The third-order valence-corrected chi connectivity index (χ3v) is 5.50. The number of nitrogens with zero attached hydrogens (tertiary/aromatic N) is 1. The molecule has 0 radical (unpaired) electrons. The molecule has 0 aromatic carbocycles. The molecule has 0 aromatic rings. The minimum absolute atomic E-state index is 0.341. The summed E-state index contributed by atoms with van der Waals surface area (Å²) in [5, 5.41) is 0. The van der Waals surface area contributed by atoms with Gasteiger partial charge < -0.3 is 5.73 Å². The first-order valence-corrected chi connectivity index (χ1v) is 9.74. The summed E-state index contributed by atoms with van der Waals surface area (Å²) in [6.07, 6.45) is 18.1. The first-order chi connectivity index (χ1) is 10.3. The van der Waals surface area contributed by atoms with E-state index in [1.54, 1.807) is 0 Å². The molecule has 1 rings (SSSR count). The summed E-state index contributed by atoms with van der Waals surface area (Å²) in [4.78, 5) is 2.71. The highest BCUT2D eigenvalue weighted by Gasteiger charge is 2.35. The van der Waals surface area contributed by atoms with Crippen LogP contribution in [0.4, 0.5) is 0 Å². The normalized spacial score (nSPS) is 18.3. The highest BCUT2D eigenvalue weighted by atomic mass is 15.2. The largest absolute Gasteiger partial charge is 0.329 e. The highest BCUT2D eigenvalue weighted by Crippen LogP contribution is 2.33. The van der Waals surface area contributed by atoms with Crippen LogP contribution in [-0.2, 0) is 0 Å². The molecule has 0 bridgehead atoms. The fourth-order valence-corrected chi connectivity index (χ4v) is 4.03. The maximum Gasteiger partial charge on any atom is 0.0331 e. The van der Waals surface area contributed by atoms with E-state index in [1.807, 2.05) is 0 Å². The Balaban J connectivity index is 2.18. The van der Waals surface area contributed by atoms with Crippen LogP contribution in [0.2, 0.25) is 0 Å². The Hall–Kier alpha value is -0.0800. The standard InChI is InChI=1S/C19H40N2/c1-3-5-6-7-8-9-10-14-17-21(4-2)19(18-20)15-12-11-13-16-19/h3-18,20H2,1-2H3. The van der Waals surface area contributed by atoms with Crippen molar-refractivity contribution >= 4 is 0 Å². The van der Waals surface area contributed by atoms with Crippen LogP contribution in [-0.4, -0.2) is 30.1 Å². The molecule has 1 aliphatic rings. The molecule has 0 unspecified atom stereocenters. The summed E-state index contributed by atoms with van der Waals surface area (Å²) in [5.74, 6) is 0. The molecule has 0 spiro atoms. The van der Waals surface area contributed by atoms with Crippen molar-refractivity contribution in [2.24, 2.45) is 5.73 Å². The van der Waals surface area contributed by atoms with Gasteiger partial charge >= 0.3 is 0 Å². The monoisotopic (exact) mass is 296 g/mol. The van der Waals surface area contributed by atoms with E-state index in [4.69, 9.17) is 5.73 Å². The van der Waals surface area contributed by atoms with E-state index in [0.717, 1.165) is 6.54 Å². The van der Waals surface area contributed by atoms with Crippen molar-refractivity contribution in [1.29, 1.82) is 0 Å². The molecular weight excluding hydrogens is 256 g/mol. The molecule has 0 amide bonds. The molecule has 0 aromatic heterocycles. The molecule has 2 N–H and O–H groups in total. The van der Waals surface area contributed by atoms with Crippen LogP contribution in [0.3, 0.4) is 0 Å². The van der Waals surface area contributed by atoms with Crippen molar-refractivity contribution in [3.05, 3.63) is 0 Å². The predicted octanol–water partition coefficient (Wildman–Crippen LogP) is 5.11. The van der Waals surface area contributed by atoms with Gasteiger partial charge in [0.05, 0.1) is 0 Å². The Bertz CT molecular complexity index is 234. The van der Waals surface area contributed by atoms with E-state index in [0.29, 0.717) is 5.54 Å². The average Bonchev–Trinajstić information content (AvgIpc) is 2.54. The van der Waals surface area contributed by atoms with E-state index < -0.39 is 0 Å². The van der Waals surface area contributed by atoms with Crippen LogP contribution in [0.25, 0.3) is 0 Å². The van der Waals surface area contributed by atoms with Crippen LogP contribution in [0.5, 0.6) is 0 Å². The Morgan fingerprint density at radius 3 is 1.90 bits per heavy atom. The van der Waals surface area contributed by atoms with Crippen LogP contribution in [0.15, 0.2) is 0 Å². The SMILES string of the molecule is CCCCCCCCCCN(CC)C1(CN)CCCCC1. The quantitative estimate of drug-likeness (QED) is 0.507. The van der Waals surface area contributed by atoms with Crippen molar-refractivity contribution in [1.82, 2.24) is 4.90 Å². The zero-order valence-corrected chi connectivity index (χ0v) is 14.8. The fraction of sp³-hybridized carbons (Fsp3) is 1.00. The Morgan fingerprint density at radius 1 is 0.810 bits per heavy atom. The van der Waals surface area contributed by atoms with Gasteiger partial charge in [0, 0.05) is 12.1 Å². The smallest absolute Gasteiger partial charge is 0.0331 e. The number of unbranched alkanes of at least 4 members (excludes halogenated alkanes) is 7. The Morgan fingerprint density at radius 2 is 1.38 bits per heavy atom. The lowest BCUT2D eigenvalue weighted by Gasteiger charge is -2.46. The molecule has 1 fully saturated rings. The lowest BCUT2D eigenvalue weighted by molar-refractivity contribution is 0.0601. The summed E-state index contributed by atoms with van der Waals surface area (Å²) in [5.41, 5.74) is 6.51. The lowest BCUT2D eigenvalue weighted by atomic mass is 9.80. The number of hydrogen-bond donors (Lipinski definition) is 1. The van der Waals surface area contributed by atoms with Gasteiger partial charge in [0.15, 0.2) is 0 Å². The average molecular weight is 297 g/mol. The molecular formula is C19H40N2. The summed E-state index contributed by atoms with van der Waals surface area (Å²) in [6.45, 7) is 7.91. The number of hydrogen-bond acceptors (Lipinski definition) is 2. The van der Waals surface area contributed by atoms with Gasteiger partial charge in [-0.2, -0.15) is 0 Å². The third kappa shape index (κ3) is 6.69. The topological polar surface area (TPSA) is 29.3 Å². The fourth-order valence-electron chi connectivity index (χ4n) is 4.03. The van der Waals surface area contributed by atoms with Gasteiger partial charge in [-0.25, -0.2) is 0 Å². The summed E-state index contributed by atoms with van der Waals surface area (Å²) < 4.78 is 0. The van der Waals surface area contributed by atoms with Crippen LogP contribution in [0.1, 0.15) is 97.3 Å². The van der Waals surface area contributed by atoms with Crippen LogP contribution < -0.4 is 5.73 Å². The van der Waals surface area contributed by atoms with Gasteiger partial charge in [0.25, 0.3) is 0 Å². The molecule has 0 aliphatic heterocycles. The predicted molar refractivity (Wildman–Crippen MR) is 94.7 cm³/mol. The zero-order chi connectivity index (χ0) is 15.4. The number of rotatable bonds is 12. The van der Waals surface area contributed by atoms with Crippen LogP contribution in [0, 0.1) is 0 Å². The minimum Gasteiger partial charge on any atom is -0.329 e. The Kier molecular flexibility index (Phi) is 10.4. The second kappa shape index (κ2) is 11.5. The molecule has 0 saturated heterocycles. The molecule has 0 atom stereocenters.